The second kappa shape index (κ2) is 7.18. The van der Waals surface area contributed by atoms with Crippen LogP contribution in [0.15, 0.2) is 36.7 Å². The third kappa shape index (κ3) is 3.22. The molecule has 0 unspecified atom stereocenters. The molecular formula is C19H26N4O. The maximum absolute atomic E-state index is 13.1. The van der Waals surface area contributed by atoms with Gasteiger partial charge in [0.25, 0.3) is 5.91 Å². The van der Waals surface area contributed by atoms with Crippen LogP contribution in [0, 0.1) is 5.92 Å². The van der Waals surface area contributed by atoms with E-state index in [1.807, 2.05) is 29.2 Å². The van der Waals surface area contributed by atoms with E-state index < -0.39 is 0 Å². The van der Waals surface area contributed by atoms with Crippen molar-refractivity contribution in [2.24, 2.45) is 5.92 Å². The number of amides is 1. The van der Waals surface area contributed by atoms with Gasteiger partial charge in [-0.1, -0.05) is 31.5 Å². The highest BCUT2D eigenvalue weighted by Gasteiger charge is 2.36. The summed E-state index contributed by atoms with van der Waals surface area (Å²) in [6.45, 7) is 3.84. The Morgan fingerprint density at radius 1 is 1.33 bits per heavy atom. The van der Waals surface area contributed by atoms with Crippen molar-refractivity contribution in [3.8, 4) is 11.4 Å². The van der Waals surface area contributed by atoms with Gasteiger partial charge in [-0.2, -0.15) is 0 Å². The molecule has 0 bridgehead atoms. The zero-order chi connectivity index (χ0) is 17.1. The van der Waals surface area contributed by atoms with Crippen LogP contribution >= 0.6 is 0 Å². The van der Waals surface area contributed by atoms with Gasteiger partial charge in [0.05, 0.1) is 5.56 Å². The fourth-order valence-electron chi connectivity index (χ4n) is 3.72. The summed E-state index contributed by atoms with van der Waals surface area (Å²) in [5.41, 5.74) is 1.59. The summed E-state index contributed by atoms with van der Waals surface area (Å²) in [6.07, 6.45) is 5.81. The Balaban J connectivity index is 1.85. The monoisotopic (exact) mass is 326 g/mol. The molecule has 24 heavy (non-hydrogen) atoms. The number of nitrogens with zero attached hydrogens (tertiary/aromatic N) is 3. The number of aromatic nitrogens is 2. The third-order valence-electron chi connectivity index (χ3n) is 4.93. The van der Waals surface area contributed by atoms with E-state index in [-0.39, 0.29) is 5.91 Å². The van der Waals surface area contributed by atoms with Gasteiger partial charge in [0.1, 0.15) is 5.82 Å². The number of carbonyl (C=O) groups is 1. The molecule has 0 radical (unpaired) electrons. The number of likely N-dealkylation sites (tertiary alicyclic amines) is 1. The zero-order valence-corrected chi connectivity index (χ0v) is 14.7. The van der Waals surface area contributed by atoms with Crippen LogP contribution in [-0.2, 0) is 0 Å². The van der Waals surface area contributed by atoms with Crippen molar-refractivity contribution in [3.63, 3.8) is 0 Å². The number of H-pyrrole nitrogens is 1. The zero-order valence-electron chi connectivity index (χ0n) is 14.7. The molecule has 1 aliphatic heterocycles. The number of rotatable bonds is 5. The lowest BCUT2D eigenvalue weighted by Gasteiger charge is -2.24. The van der Waals surface area contributed by atoms with Crippen molar-refractivity contribution < 1.29 is 4.79 Å². The Hall–Kier alpha value is -2.14. The van der Waals surface area contributed by atoms with E-state index in [2.05, 4.69) is 35.9 Å². The molecule has 3 rings (SSSR count). The smallest absolute Gasteiger partial charge is 0.254 e. The van der Waals surface area contributed by atoms with E-state index in [0.717, 1.165) is 42.9 Å². The molecule has 1 aromatic heterocycles. The lowest BCUT2D eigenvalue weighted by atomic mass is 9.98. The minimum Gasteiger partial charge on any atom is -0.345 e. The normalized spacial score (nSPS) is 20.8. The molecule has 0 aliphatic carbocycles. The van der Waals surface area contributed by atoms with Gasteiger partial charge in [-0.05, 0) is 32.5 Å². The highest BCUT2D eigenvalue weighted by Crippen LogP contribution is 2.28. The summed E-state index contributed by atoms with van der Waals surface area (Å²) < 4.78 is 0. The maximum Gasteiger partial charge on any atom is 0.254 e. The third-order valence-corrected chi connectivity index (χ3v) is 4.93. The Labute approximate surface area is 143 Å². The van der Waals surface area contributed by atoms with Gasteiger partial charge in [0.15, 0.2) is 0 Å². The lowest BCUT2D eigenvalue weighted by Crippen LogP contribution is -2.36. The molecule has 2 heterocycles. The number of hydrogen-bond acceptors (Lipinski definition) is 3. The summed E-state index contributed by atoms with van der Waals surface area (Å²) >= 11 is 0. The van der Waals surface area contributed by atoms with Crippen LogP contribution in [-0.4, -0.2) is 58.9 Å². The first-order valence-corrected chi connectivity index (χ1v) is 8.66. The number of carbonyl (C=O) groups excluding carboxylic acids is 1. The van der Waals surface area contributed by atoms with E-state index in [4.69, 9.17) is 0 Å². The van der Waals surface area contributed by atoms with E-state index in [1.165, 1.54) is 0 Å². The molecule has 128 valence electrons. The van der Waals surface area contributed by atoms with E-state index in [0.29, 0.717) is 12.0 Å². The Morgan fingerprint density at radius 2 is 2.12 bits per heavy atom. The standard InChI is InChI=1S/C19H26N4O/c1-4-7-14-12-23(13-17(14)22(2)3)19(24)16-9-6-5-8-15(16)18-20-10-11-21-18/h5-6,8-11,14,17H,4,7,12-13H2,1-3H3,(H,20,21)/t14-,17-/m1/s1. The molecule has 5 heteroatoms. The quantitative estimate of drug-likeness (QED) is 0.919. The van der Waals surface area contributed by atoms with Gasteiger partial charge in [-0.25, -0.2) is 4.98 Å². The number of hydrogen-bond donors (Lipinski definition) is 1. The molecule has 2 aromatic rings. The minimum absolute atomic E-state index is 0.104. The van der Waals surface area contributed by atoms with Crippen LogP contribution in [0.25, 0.3) is 11.4 Å². The maximum atomic E-state index is 13.1. The van der Waals surface area contributed by atoms with Crippen LogP contribution in [0.1, 0.15) is 30.1 Å². The molecule has 1 aliphatic rings. The molecule has 1 fully saturated rings. The van der Waals surface area contributed by atoms with Gasteiger partial charge in [-0.15, -0.1) is 0 Å². The molecule has 2 atom stereocenters. The van der Waals surface area contributed by atoms with Crippen molar-refractivity contribution >= 4 is 5.91 Å². The topological polar surface area (TPSA) is 52.2 Å². The van der Waals surface area contributed by atoms with Crippen molar-refractivity contribution in [1.82, 2.24) is 19.8 Å². The first-order chi connectivity index (χ1) is 11.6. The summed E-state index contributed by atoms with van der Waals surface area (Å²) in [5, 5.41) is 0. The van der Waals surface area contributed by atoms with Crippen molar-refractivity contribution in [2.75, 3.05) is 27.2 Å². The molecule has 1 saturated heterocycles. The highest BCUT2D eigenvalue weighted by atomic mass is 16.2. The van der Waals surface area contributed by atoms with Crippen LogP contribution in [0.5, 0.6) is 0 Å². The number of nitrogens with one attached hydrogen (secondary N) is 1. The fourth-order valence-corrected chi connectivity index (χ4v) is 3.72. The number of imidazole rings is 1. The van der Waals surface area contributed by atoms with E-state index in [9.17, 15) is 4.79 Å². The first-order valence-electron chi connectivity index (χ1n) is 8.66. The molecule has 1 N–H and O–H groups in total. The second-order valence-corrected chi connectivity index (χ2v) is 6.77. The van der Waals surface area contributed by atoms with Gasteiger partial charge >= 0.3 is 0 Å². The molecule has 0 spiro atoms. The molecule has 1 aromatic carbocycles. The van der Waals surface area contributed by atoms with Gasteiger partial charge in [0.2, 0.25) is 0 Å². The summed E-state index contributed by atoms with van der Waals surface area (Å²) in [4.78, 5) is 24.8. The average Bonchev–Trinajstić information content (AvgIpc) is 3.24. The van der Waals surface area contributed by atoms with Crippen LogP contribution in [0.2, 0.25) is 0 Å². The predicted octanol–water partition coefficient (Wildman–Crippen LogP) is 2.88. The van der Waals surface area contributed by atoms with Crippen molar-refractivity contribution in [2.45, 2.75) is 25.8 Å². The van der Waals surface area contributed by atoms with Gasteiger partial charge in [-0.3, -0.25) is 4.79 Å². The number of benzene rings is 1. The number of likely N-dealkylation sites (N-methyl/N-ethyl adjacent to an activating group) is 1. The minimum atomic E-state index is 0.104. The lowest BCUT2D eigenvalue weighted by molar-refractivity contribution is 0.0781. The Kier molecular flexibility index (Phi) is 5.00. The van der Waals surface area contributed by atoms with Gasteiger partial charge in [0, 0.05) is 37.1 Å². The van der Waals surface area contributed by atoms with Gasteiger partial charge < -0.3 is 14.8 Å². The number of aromatic amines is 1. The fraction of sp³-hybridized carbons (Fsp3) is 0.474. The average molecular weight is 326 g/mol. The molecule has 5 nitrogen and oxygen atoms in total. The van der Waals surface area contributed by atoms with Crippen LogP contribution < -0.4 is 0 Å². The van der Waals surface area contributed by atoms with E-state index in [1.54, 1.807) is 12.4 Å². The van der Waals surface area contributed by atoms with Crippen LogP contribution in [0.4, 0.5) is 0 Å². The molecular weight excluding hydrogens is 300 g/mol. The Bertz CT molecular complexity index is 680. The first kappa shape index (κ1) is 16.7. The summed E-state index contributed by atoms with van der Waals surface area (Å²) in [6, 6.07) is 8.15. The summed E-state index contributed by atoms with van der Waals surface area (Å²) in [5.74, 6) is 1.39. The predicted molar refractivity (Wildman–Crippen MR) is 95.8 cm³/mol. The molecule has 0 saturated carbocycles. The highest BCUT2D eigenvalue weighted by molar-refractivity contribution is 6.00. The van der Waals surface area contributed by atoms with Crippen molar-refractivity contribution in [3.05, 3.63) is 42.2 Å². The second-order valence-electron chi connectivity index (χ2n) is 6.77. The summed E-state index contributed by atoms with van der Waals surface area (Å²) in [7, 11) is 4.22. The van der Waals surface area contributed by atoms with Crippen molar-refractivity contribution in [1.29, 1.82) is 0 Å². The largest absolute Gasteiger partial charge is 0.345 e. The Morgan fingerprint density at radius 3 is 2.79 bits per heavy atom. The van der Waals surface area contributed by atoms with E-state index >= 15 is 0 Å². The van der Waals surface area contributed by atoms with Crippen LogP contribution in [0.3, 0.4) is 0 Å². The molecule has 1 amide bonds. The SMILES string of the molecule is CCC[C@@H]1CN(C(=O)c2ccccc2-c2ncc[nH]2)C[C@H]1N(C)C.